The molecule has 0 saturated heterocycles. The van der Waals surface area contributed by atoms with E-state index in [4.69, 9.17) is 9.47 Å². The van der Waals surface area contributed by atoms with Crippen LogP contribution >= 0.6 is 22.7 Å². The smallest absolute Gasteiger partial charge is 0.291 e. The Morgan fingerprint density at radius 1 is 1.17 bits per heavy atom. The maximum Gasteiger partial charge on any atom is 0.291 e. The van der Waals surface area contributed by atoms with Gasteiger partial charge in [-0.3, -0.25) is 9.00 Å². The first-order valence-corrected chi connectivity index (χ1v) is 13.7. The summed E-state index contributed by atoms with van der Waals surface area (Å²) in [4.78, 5) is 23.0. The van der Waals surface area contributed by atoms with Crippen LogP contribution in [0.5, 0.6) is 11.5 Å². The molecular formula is C22H22N6O4S3. The van der Waals surface area contributed by atoms with Gasteiger partial charge in [0.25, 0.3) is 5.56 Å². The molecule has 0 saturated carbocycles. The van der Waals surface area contributed by atoms with E-state index >= 15 is 0 Å². The number of hydrogen-bond acceptors (Lipinski definition) is 10. The van der Waals surface area contributed by atoms with Gasteiger partial charge in [0.2, 0.25) is 0 Å². The lowest BCUT2D eigenvalue weighted by molar-refractivity contribution is 0.391. The summed E-state index contributed by atoms with van der Waals surface area (Å²) in [5.74, 6) is 1.46. The fraction of sp³-hybridized carbons (Fsp3) is 0.273. The van der Waals surface area contributed by atoms with Gasteiger partial charge in [-0.05, 0) is 12.1 Å². The molecule has 182 valence electrons. The van der Waals surface area contributed by atoms with E-state index in [-0.39, 0.29) is 5.56 Å². The van der Waals surface area contributed by atoms with E-state index in [2.05, 4.69) is 20.4 Å². The summed E-state index contributed by atoms with van der Waals surface area (Å²) in [5, 5.41) is 9.14. The van der Waals surface area contributed by atoms with Crippen LogP contribution in [0.25, 0.3) is 21.3 Å². The van der Waals surface area contributed by atoms with Crippen molar-refractivity contribution in [2.45, 2.75) is 17.4 Å². The standard InChI is InChI=1S/C22H22N6O4S3/c1-27-17-15(18-19(27)26-22(34-18)35(4)30)10-25-28(20(17)29)11-14-9-24-21(33-14)23-8-12-5-6-13(31-2)7-16(12)32-3/h5-7,9-10H,8,11H2,1-4H3,(H,23,24). The van der Waals surface area contributed by atoms with E-state index in [1.54, 1.807) is 44.5 Å². The molecule has 1 atom stereocenters. The molecular weight excluding hydrogens is 508 g/mol. The highest BCUT2D eigenvalue weighted by Gasteiger charge is 2.19. The number of rotatable bonds is 8. The molecule has 5 rings (SSSR count). The van der Waals surface area contributed by atoms with Gasteiger partial charge in [0.15, 0.2) is 15.1 Å². The fourth-order valence-electron chi connectivity index (χ4n) is 3.78. The molecule has 0 radical (unpaired) electrons. The second kappa shape index (κ2) is 9.40. The second-order valence-corrected chi connectivity index (χ2v) is 11.3. The third-order valence-corrected chi connectivity index (χ3v) is 8.88. The van der Waals surface area contributed by atoms with Crippen molar-refractivity contribution in [2.24, 2.45) is 7.05 Å². The molecule has 0 amide bonds. The lowest BCUT2D eigenvalue weighted by Crippen LogP contribution is -2.24. The SMILES string of the molecule is COc1ccc(CNc2ncc(Cn3ncc4c5sc(S(C)=O)nc5n(C)c4c3=O)s2)c(OC)c1. The van der Waals surface area contributed by atoms with Gasteiger partial charge < -0.3 is 19.4 Å². The number of ether oxygens (including phenoxy) is 2. The largest absolute Gasteiger partial charge is 0.497 e. The molecule has 4 aromatic heterocycles. The quantitative estimate of drug-likeness (QED) is 0.325. The first kappa shape index (κ1) is 23.5. The van der Waals surface area contributed by atoms with Crippen molar-refractivity contribution in [2.75, 3.05) is 25.8 Å². The summed E-state index contributed by atoms with van der Waals surface area (Å²) in [6, 6.07) is 5.66. The monoisotopic (exact) mass is 530 g/mol. The predicted octanol–water partition coefficient (Wildman–Crippen LogP) is 3.22. The maximum atomic E-state index is 13.2. The van der Waals surface area contributed by atoms with Crippen LogP contribution in [0, 0.1) is 0 Å². The van der Waals surface area contributed by atoms with Crippen LogP contribution in [0.2, 0.25) is 0 Å². The second-order valence-electron chi connectivity index (χ2n) is 7.68. The van der Waals surface area contributed by atoms with Crippen molar-refractivity contribution in [1.29, 1.82) is 0 Å². The number of hydrogen-bond donors (Lipinski definition) is 1. The summed E-state index contributed by atoms with van der Waals surface area (Å²) in [6.07, 6.45) is 5.01. The van der Waals surface area contributed by atoms with Gasteiger partial charge >= 0.3 is 0 Å². The topological polar surface area (TPSA) is 113 Å². The fourth-order valence-corrected chi connectivity index (χ4v) is 6.35. The summed E-state index contributed by atoms with van der Waals surface area (Å²) < 4.78 is 27.0. The summed E-state index contributed by atoms with van der Waals surface area (Å²) >= 11 is 2.79. The van der Waals surface area contributed by atoms with Crippen molar-refractivity contribution in [3.63, 3.8) is 0 Å². The number of nitrogens with zero attached hydrogens (tertiary/aromatic N) is 5. The van der Waals surface area contributed by atoms with Crippen LogP contribution < -0.4 is 20.3 Å². The number of methoxy groups -OCH3 is 2. The first-order chi connectivity index (χ1) is 16.9. The van der Waals surface area contributed by atoms with Gasteiger partial charge in [0.1, 0.15) is 17.0 Å². The Hall–Kier alpha value is -3.29. The van der Waals surface area contributed by atoms with E-state index in [0.29, 0.717) is 28.6 Å². The Labute approximate surface area is 210 Å². The Bertz CT molecular complexity index is 1630. The molecule has 0 aliphatic rings. The molecule has 4 heterocycles. The van der Waals surface area contributed by atoms with E-state index < -0.39 is 10.8 Å². The minimum Gasteiger partial charge on any atom is -0.497 e. The van der Waals surface area contributed by atoms with Crippen LogP contribution in [0.3, 0.4) is 0 Å². The summed E-state index contributed by atoms with van der Waals surface area (Å²) in [7, 11) is 3.85. The van der Waals surface area contributed by atoms with Crippen LogP contribution in [0.4, 0.5) is 5.13 Å². The van der Waals surface area contributed by atoms with Gasteiger partial charge in [-0.1, -0.05) is 0 Å². The van der Waals surface area contributed by atoms with Crippen LogP contribution in [0.15, 0.2) is 39.7 Å². The Morgan fingerprint density at radius 3 is 2.74 bits per heavy atom. The minimum atomic E-state index is -1.18. The summed E-state index contributed by atoms with van der Waals surface area (Å²) in [5.41, 5.74) is 1.93. The molecule has 0 bridgehead atoms. The Balaban J connectivity index is 1.36. The molecule has 1 N–H and O–H groups in total. The van der Waals surface area contributed by atoms with E-state index in [1.807, 2.05) is 18.2 Å². The zero-order valence-electron chi connectivity index (χ0n) is 19.4. The highest BCUT2D eigenvalue weighted by molar-refractivity contribution is 7.86. The lowest BCUT2D eigenvalue weighted by atomic mass is 10.2. The molecule has 13 heteroatoms. The highest BCUT2D eigenvalue weighted by atomic mass is 32.2. The molecule has 0 aliphatic carbocycles. The highest BCUT2D eigenvalue weighted by Crippen LogP contribution is 2.32. The van der Waals surface area contributed by atoms with E-state index in [0.717, 1.165) is 37.2 Å². The normalized spacial score (nSPS) is 12.3. The van der Waals surface area contributed by atoms with E-state index in [9.17, 15) is 9.00 Å². The molecule has 35 heavy (non-hydrogen) atoms. The summed E-state index contributed by atoms with van der Waals surface area (Å²) in [6.45, 7) is 0.832. The molecule has 1 aromatic carbocycles. The van der Waals surface area contributed by atoms with Crippen LogP contribution in [-0.2, 0) is 30.9 Å². The molecule has 0 spiro atoms. The van der Waals surface area contributed by atoms with Crippen LogP contribution in [-0.4, -0.2) is 49.0 Å². The Morgan fingerprint density at radius 2 is 2.00 bits per heavy atom. The average molecular weight is 531 g/mol. The first-order valence-electron chi connectivity index (χ1n) is 10.5. The van der Waals surface area contributed by atoms with Gasteiger partial charge in [-0.2, -0.15) is 5.10 Å². The van der Waals surface area contributed by atoms with Gasteiger partial charge in [0, 0.05) is 47.9 Å². The van der Waals surface area contributed by atoms with Crippen molar-refractivity contribution < 1.29 is 13.7 Å². The van der Waals surface area contributed by atoms with Crippen molar-refractivity contribution in [3.8, 4) is 11.5 Å². The number of fused-ring (bicyclic) bond motifs is 3. The molecule has 0 fully saturated rings. The van der Waals surface area contributed by atoms with Crippen molar-refractivity contribution in [1.82, 2.24) is 24.3 Å². The third-order valence-electron chi connectivity index (χ3n) is 5.54. The average Bonchev–Trinajstić information content (AvgIpc) is 3.56. The van der Waals surface area contributed by atoms with Gasteiger partial charge in [-0.25, -0.2) is 14.6 Å². The number of thiazole rings is 2. The van der Waals surface area contributed by atoms with Gasteiger partial charge in [-0.15, -0.1) is 22.7 Å². The maximum absolute atomic E-state index is 13.2. The van der Waals surface area contributed by atoms with Gasteiger partial charge in [0.05, 0.1) is 42.5 Å². The molecule has 0 aliphatic heterocycles. The number of aromatic nitrogens is 5. The number of nitrogens with one attached hydrogen (secondary N) is 1. The zero-order valence-corrected chi connectivity index (χ0v) is 21.8. The predicted molar refractivity (Wildman–Crippen MR) is 139 cm³/mol. The minimum absolute atomic E-state index is 0.208. The molecule has 5 aromatic rings. The molecule has 1 unspecified atom stereocenters. The van der Waals surface area contributed by atoms with E-state index in [1.165, 1.54) is 27.4 Å². The zero-order chi connectivity index (χ0) is 24.7. The number of benzene rings is 1. The van der Waals surface area contributed by atoms with Crippen LogP contribution in [0.1, 0.15) is 10.4 Å². The van der Waals surface area contributed by atoms with Crippen molar-refractivity contribution in [3.05, 3.63) is 51.4 Å². The molecule has 10 nitrogen and oxygen atoms in total. The number of aryl methyl sites for hydroxylation is 1. The van der Waals surface area contributed by atoms with Crippen molar-refractivity contribution >= 4 is 59.9 Å². The number of anilines is 1. The Kier molecular flexibility index (Phi) is 6.30. The lowest BCUT2D eigenvalue weighted by Gasteiger charge is -2.10. The third kappa shape index (κ3) is 4.30.